The summed E-state index contributed by atoms with van der Waals surface area (Å²) in [5, 5.41) is 0.844. The topological polar surface area (TPSA) is 26.3 Å². The first kappa shape index (κ1) is 14.9. The summed E-state index contributed by atoms with van der Waals surface area (Å²) >= 11 is 11.8. The van der Waals surface area contributed by atoms with E-state index in [1.807, 2.05) is 24.3 Å². The van der Waals surface area contributed by atoms with Gasteiger partial charge in [-0.1, -0.05) is 42.3 Å². The molecule has 0 atom stereocenters. The molecule has 0 heterocycles. The van der Waals surface area contributed by atoms with Crippen LogP contribution < -0.4 is 4.74 Å². The summed E-state index contributed by atoms with van der Waals surface area (Å²) in [5.74, 6) is 0.511. The summed E-state index contributed by atoms with van der Waals surface area (Å²) in [6, 6.07) is 12.5. The molecule has 2 rings (SSSR count). The van der Waals surface area contributed by atoms with Crippen LogP contribution in [0.15, 0.2) is 42.5 Å². The van der Waals surface area contributed by atoms with Gasteiger partial charge in [-0.2, -0.15) is 0 Å². The Hall–Kier alpha value is -1.51. The molecule has 2 aromatic rings. The van der Waals surface area contributed by atoms with E-state index in [-0.39, 0.29) is 12.4 Å². The number of carbonyl (C=O) groups excluding carboxylic acids is 1. The fourth-order valence-corrected chi connectivity index (χ4v) is 2.31. The summed E-state index contributed by atoms with van der Waals surface area (Å²) in [6.45, 7) is 2.02. The average molecular weight is 309 g/mol. The van der Waals surface area contributed by atoms with Gasteiger partial charge in [0.2, 0.25) is 5.78 Å². The van der Waals surface area contributed by atoms with Gasteiger partial charge in [-0.15, -0.1) is 0 Å². The number of ether oxygens (including phenoxy) is 1. The molecule has 0 N–H and O–H groups in total. The van der Waals surface area contributed by atoms with Gasteiger partial charge in [0.25, 0.3) is 0 Å². The van der Waals surface area contributed by atoms with E-state index in [4.69, 9.17) is 27.9 Å². The Morgan fingerprint density at radius 2 is 1.95 bits per heavy atom. The van der Waals surface area contributed by atoms with Crippen molar-refractivity contribution >= 4 is 29.0 Å². The summed E-state index contributed by atoms with van der Waals surface area (Å²) in [4.78, 5) is 12.1. The van der Waals surface area contributed by atoms with Gasteiger partial charge >= 0.3 is 0 Å². The first-order chi connectivity index (χ1) is 9.60. The highest BCUT2D eigenvalue weighted by atomic mass is 35.5. The molecule has 20 heavy (non-hydrogen) atoms. The number of hydrogen-bond acceptors (Lipinski definition) is 2. The highest BCUT2D eigenvalue weighted by Gasteiger charge is 2.11. The van der Waals surface area contributed by atoms with E-state index in [2.05, 4.69) is 6.92 Å². The fourth-order valence-electron chi connectivity index (χ4n) is 1.80. The summed E-state index contributed by atoms with van der Waals surface area (Å²) in [7, 11) is 0. The lowest BCUT2D eigenvalue weighted by Crippen LogP contribution is -2.12. The van der Waals surface area contributed by atoms with Crippen LogP contribution in [0.2, 0.25) is 10.0 Å². The van der Waals surface area contributed by atoms with Crippen LogP contribution in [0, 0.1) is 0 Å². The normalized spacial score (nSPS) is 10.3. The van der Waals surface area contributed by atoms with Crippen molar-refractivity contribution in [3.63, 3.8) is 0 Å². The quantitative estimate of drug-likeness (QED) is 0.740. The van der Waals surface area contributed by atoms with Crippen molar-refractivity contribution in [2.45, 2.75) is 13.3 Å². The Labute approximate surface area is 128 Å². The van der Waals surface area contributed by atoms with Crippen molar-refractivity contribution in [1.82, 2.24) is 0 Å². The van der Waals surface area contributed by atoms with Gasteiger partial charge in [0.05, 0.1) is 5.02 Å². The predicted molar refractivity (Wildman–Crippen MR) is 82.1 cm³/mol. The van der Waals surface area contributed by atoms with Gasteiger partial charge in [0.15, 0.2) is 6.61 Å². The number of carbonyl (C=O) groups is 1. The minimum absolute atomic E-state index is 0.0471. The summed E-state index contributed by atoms with van der Waals surface area (Å²) in [5.41, 5.74) is 1.59. The van der Waals surface area contributed by atoms with Crippen LogP contribution >= 0.6 is 23.2 Å². The highest BCUT2D eigenvalue weighted by Crippen LogP contribution is 2.22. The molecular formula is C16H14Cl2O2. The SMILES string of the molecule is CCc1cccc(OCC(=O)c2ccc(Cl)cc2Cl)c1. The van der Waals surface area contributed by atoms with Crippen molar-refractivity contribution in [3.05, 3.63) is 63.6 Å². The molecule has 0 aromatic heterocycles. The first-order valence-corrected chi connectivity index (χ1v) is 7.05. The number of rotatable bonds is 5. The lowest BCUT2D eigenvalue weighted by Gasteiger charge is -2.08. The standard InChI is InChI=1S/C16H14Cl2O2/c1-2-11-4-3-5-13(8-11)20-10-16(19)14-7-6-12(17)9-15(14)18/h3-9H,2,10H2,1H3. The molecule has 0 aliphatic rings. The molecule has 0 saturated carbocycles. The van der Waals surface area contributed by atoms with Gasteiger partial charge < -0.3 is 4.74 Å². The molecule has 0 radical (unpaired) electrons. The lowest BCUT2D eigenvalue weighted by molar-refractivity contribution is 0.0921. The highest BCUT2D eigenvalue weighted by molar-refractivity contribution is 6.36. The van der Waals surface area contributed by atoms with Crippen molar-refractivity contribution < 1.29 is 9.53 Å². The van der Waals surface area contributed by atoms with Crippen LogP contribution in [0.1, 0.15) is 22.8 Å². The molecule has 0 unspecified atom stereocenters. The Morgan fingerprint density at radius 1 is 1.15 bits per heavy atom. The molecular weight excluding hydrogens is 295 g/mol. The molecule has 4 heteroatoms. The summed E-state index contributed by atoms with van der Waals surface area (Å²) < 4.78 is 5.51. The number of halogens is 2. The smallest absolute Gasteiger partial charge is 0.201 e. The minimum atomic E-state index is -0.173. The van der Waals surface area contributed by atoms with Crippen molar-refractivity contribution in [2.75, 3.05) is 6.61 Å². The average Bonchev–Trinajstić information content (AvgIpc) is 2.45. The van der Waals surface area contributed by atoms with Crippen molar-refractivity contribution in [3.8, 4) is 5.75 Å². The Morgan fingerprint density at radius 3 is 2.65 bits per heavy atom. The maximum atomic E-state index is 12.1. The van der Waals surface area contributed by atoms with Gasteiger partial charge in [-0.05, 0) is 42.3 Å². The maximum Gasteiger partial charge on any atom is 0.201 e. The third-order valence-corrected chi connectivity index (χ3v) is 3.46. The van der Waals surface area contributed by atoms with E-state index in [1.165, 1.54) is 5.56 Å². The largest absolute Gasteiger partial charge is 0.485 e. The van der Waals surface area contributed by atoms with E-state index in [9.17, 15) is 4.79 Å². The van der Waals surface area contributed by atoms with E-state index in [0.717, 1.165) is 6.42 Å². The van der Waals surface area contributed by atoms with Gasteiger partial charge in [-0.3, -0.25) is 4.79 Å². The Kier molecular flexibility index (Phi) is 5.05. The molecule has 2 aromatic carbocycles. The van der Waals surface area contributed by atoms with Crippen LogP contribution in [-0.4, -0.2) is 12.4 Å². The van der Waals surface area contributed by atoms with E-state index in [1.54, 1.807) is 18.2 Å². The second-order valence-corrected chi connectivity index (χ2v) is 5.18. The molecule has 0 saturated heterocycles. The molecule has 0 amide bonds. The second-order valence-electron chi connectivity index (χ2n) is 4.34. The van der Waals surface area contributed by atoms with E-state index < -0.39 is 0 Å². The zero-order valence-electron chi connectivity index (χ0n) is 11.0. The van der Waals surface area contributed by atoms with Crippen LogP contribution in [-0.2, 0) is 6.42 Å². The Bertz CT molecular complexity index is 624. The van der Waals surface area contributed by atoms with Gasteiger partial charge in [0.1, 0.15) is 5.75 Å². The zero-order valence-corrected chi connectivity index (χ0v) is 12.5. The molecule has 0 spiro atoms. The lowest BCUT2D eigenvalue weighted by atomic mass is 10.1. The molecule has 0 aliphatic heterocycles. The number of benzene rings is 2. The number of hydrogen-bond donors (Lipinski definition) is 0. The van der Waals surface area contributed by atoms with E-state index >= 15 is 0 Å². The molecule has 2 nitrogen and oxygen atoms in total. The van der Waals surface area contributed by atoms with Gasteiger partial charge in [-0.25, -0.2) is 0 Å². The second kappa shape index (κ2) is 6.78. The summed E-state index contributed by atoms with van der Waals surface area (Å²) in [6.07, 6.45) is 0.925. The number of aryl methyl sites for hydroxylation is 1. The Balaban J connectivity index is 2.04. The van der Waals surface area contributed by atoms with Crippen molar-refractivity contribution in [2.24, 2.45) is 0 Å². The fraction of sp³-hybridized carbons (Fsp3) is 0.188. The third-order valence-electron chi connectivity index (χ3n) is 2.91. The zero-order chi connectivity index (χ0) is 14.5. The molecule has 0 aliphatic carbocycles. The van der Waals surface area contributed by atoms with Gasteiger partial charge in [0, 0.05) is 10.6 Å². The first-order valence-electron chi connectivity index (χ1n) is 6.30. The number of Topliss-reactive ketones (excluding diaryl/α,β-unsaturated/α-hetero) is 1. The number of ketones is 1. The molecule has 0 bridgehead atoms. The van der Waals surface area contributed by atoms with Crippen LogP contribution in [0.25, 0.3) is 0 Å². The third kappa shape index (κ3) is 3.75. The van der Waals surface area contributed by atoms with Crippen molar-refractivity contribution in [1.29, 1.82) is 0 Å². The molecule has 104 valence electrons. The van der Waals surface area contributed by atoms with E-state index in [0.29, 0.717) is 21.4 Å². The maximum absolute atomic E-state index is 12.1. The van der Waals surface area contributed by atoms with Crippen LogP contribution in [0.3, 0.4) is 0 Å². The monoisotopic (exact) mass is 308 g/mol. The predicted octanol–water partition coefficient (Wildman–Crippen LogP) is 4.82. The minimum Gasteiger partial charge on any atom is -0.485 e. The van der Waals surface area contributed by atoms with Crippen LogP contribution in [0.5, 0.6) is 5.75 Å². The molecule has 0 fully saturated rings. The van der Waals surface area contributed by atoms with Crippen LogP contribution in [0.4, 0.5) is 0 Å².